The van der Waals surface area contributed by atoms with Crippen LogP contribution in [0.5, 0.6) is 0 Å². The number of anilines is 2. The van der Waals surface area contributed by atoms with E-state index in [4.69, 9.17) is 5.84 Å². The number of thiophene rings is 1. The third-order valence-electron chi connectivity index (χ3n) is 3.77. The molecule has 4 N–H and O–H groups in total. The van der Waals surface area contributed by atoms with Crippen molar-refractivity contribution in [2.75, 3.05) is 22.3 Å². The van der Waals surface area contributed by atoms with Crippen molar-refractivity contribution < 1.29 is 9.59 Å². The number of carbonyl (C=O) groups is 2. The topological polar surface area (TPSA) is 127 Å². The van der Waals surface area contributed by atoms with E-state index in [0.29, 0.717) is 16.4 Å². The second kappa shape index (κ2) is 9.34. The van der Waals surface area contributed by atoms with Crippen molar-refractivity contribution in [2.45, 2.75) is 19.0 Å². The molecule has 11 heteroatoms. The third-order valence-corrected chi connectivity index (χ3v) is 5.70. The van der Waals surface area contributed by atoms with Gasteiger partial charge in [-0.25, -0.2) is 10.1 Å². The van der Waals surface area contributed by atoms with Gasteiger partial charge in [-0.05, 0) is 49.6 Å². The molecule has 0 saturated carbocycles. The molecule has 29 heavy (non-hydrogen) atoms. The van der Waals surface area contributed by atoms with Crippen LogP contribution >= 0.6 is 23.1 Å². The molecule has 0 spiro atoms. The van der Waals surface area contributed by atoms with Gasteiger partial charge in [0.2, 0.25) is 11.1 Å². The fourth-order valence-corrected chi connectivity index (χ4v) is 3.57. The van der Waals surface area contributed by atoms with Crippen molar-refractivity contribution in [3.8, 4) is 0 Å². The third kappa shape index (κ3) is 5.42. The minimum absolute atomic E-state index is 0.0277. The molecule has 1 aromatic carbocycles. The van der Waals surface area contributed by atoms with Crippen molar-refractivity contribution in [2.24, 2.45) is 5.10 Å². The van der Waals surface area contributed by atoms with E-state index in [1.165, 1.54) is 11.6 Å². The van der Waals surface area contributed by atoms with Crippen LogP contribution in [0.25, 0.3) is 0 Å². The molecule has 0 aliphatic rings. The maximum Gasteiger partial charge on any atom is 0.264 e. The van der Waals surface area contributed by atoms with Gasteiger partial charge in [-0.1, -0.05) is 17.8 Å². The van der Waals surface area contributed by atoms with E-state index >= 15 is 0 Å². The number of amides is 1. The quantitative estimate of drug-likeness (QED) is 0.165. The van der Waals surface area contributed by atoms with Gasteiger partial charge in [0.05, 0.1) is 11.5 Å². The minimum Gasteiger partial charge on any atom is -0.334 e. The number of benzene rings is 1. The van der Waals surface area contributed by atoms with Crippen molar-refractivity contribution in [3.63, 3.8) is 0 Å². The van der Waals surface area contributed by atoms with Gasteiger partial charge in [-0.3, -0.25) is 9.59 Å². The summed E-state index contributed by atoms with van der Waals surface area (Å²) in [7, 11) is 0. The van der Waals surface area contributed by atoms with Crippen LogP contribution in [0, 0.1) is 0 Å². The Balaban J connectivity index is 1.53. The molecular weight excluding hydrogens is 410 g/mol. The molecule has 0 unspecified atom stereocenters. The molecule has 0 atom stereocenters. The van der Waals surface area contributed by atoms with Gasteiger partial charge in [0, 0.05) is 16.1 Å². The molecule has 0 aliphatic heterocycles. The number of thioether (sulfide) groups is 1. The summed E-state index contributed by atoms with van der Waals surface area (Å²) < 4.78 is 1.24. The van der Waals surface area contributed by atoms with E-state index in [9.17, 15) is 9.59 Å². The van der Waals surface area contributed by atoms with Gasteiger partial charge in [0.1, 0.15) is 0 Å². The smallest absolute Gasteiger partial charge is 0.264 e. The lowest BCUT2D eigenvalue weighted by Crippen LogP contribution is -2.17. The van der Waals surface area contributed by atoms with E-state index in [1.807, 2.05) is 24.4 Å². The number of nitrogens with two attached hydrogens (primary N) is 1. The second-order valence-electron chi connectivity index (χ2n) is 5.93. The van der Waals surface area contributed by atoms with E-state index in [0.717, 1.165) is 22.4 Å². The lowest BCUT2D eigenvalue weighted by Gasteiger charge is -2.06. The first-order valence-corrected chi connectivity index (χ1v) is 10.4. The summed E-state index contributed by atoms with van der Waals surface area (Å²) in [5, 5.41) is 17.3. The molecule has 9 nitrogen and oxygen atoms in total. The van der Waals surface area contributed by atoms with Crippen molar-refractivity contribution in [1.29, 1.82) is 0 Å². The summed E-state index contributed by atoms with van der Waals surface area (Å²) in [6, 6.07) is 10.6. The highest BCUT2D eigenvalue weighted by molar-refractivity contribution is 7.99. The number of hydrogen-bond acceptors (Lipinski definition) is 9. The molecule has 0 bridgehead atoms. The van der Waals surface area contributed by atoms with E-state index < -0.39 is 0 Å². The van der Waals surface area contributed by atoms with Crippen LogP contribution in [-0.4, -0.2) is 38.0 Å². The van der Waals surface area contributed by atoms with Gasteiger partial charge in [0.15, 0.2) is 5.78 Å². The van der Waals surface area contributed by atoms with E-state index in [2.05, 4.69) is 26.0 Å². The number of carbonyl (C=O) groups excluding carboxylic acids is 2. The van der Waals surface area contributed by atoms with Crippen LogP contribution < -0.4 is 16.6 Å². The molecule has 3 rings (SSSR count). The normalized spacial score (nSPS) is 11.3. The average Bonchev–Trinajstić information content (AvgIpc) is 3.35. The Labute approximate surface area is 175 Å². The molecule has 0 saturated heterocycles. The average molecular weight is 430 g/mol. The maximum atomic E-state index is 12.1. The van der Waals surface area contributed by atoms with E-state index in [1.54, 1.807) is 35.6 Å². The SMILES string of the molecule is CC(=O)c1ccc(NC(=O)CSc2nnc(N/N=C(\C)c3cccs3)n2N)cc1. The molecule has 150 valence electrons. The number of rotatable bonds is 8. The zero-order valence-corrected chi connectivity index (χ0v) is 17.4. The Kier molecular flexibility index (Phi) is 6.62. The first-order valence-electron chi connectivity index (χ1n) is 8.52. The van der Waals surface area contributed by atoms with Gasteiger partial charge in [-0.15, -0.1) is 21.5 Å². The molecule has 0 fully saturated rings. The molecule has 0 aliphatic carbocycles. The lowest BCUT2D eigenvalue weighted by molar-refractivity contribution is -0.113. The highest BCUT2D eigenvalue weighted by Gasteiger charge is 2.12. The monoisotopic (exact) mass is 429 g/mol. The largest absolute Gasteiger partial charge is 0.334 e. The Morgan fingerprint density at radius 2 is 1.97 bits per heavy atom. The van der Waals surface area contributed by atoms with Gasteiger partial charge in [-0.2, -0.15) is 5.10 Å². The highest BCUT2D eigenvalue weighted by atomic mass is 32.2. The molecular formula is C18H19N7O2S2. The van der Waals surface area contributed by atoms with Crippen LogP contribution in [0.2, 0.25) is 0 Å². The fourth-order valence-electron chi connectivity index (χ4n) is 2.24. The fraction of sp³-hybridized carbons (Fsp3) is 0.167. The second-order valence-corrected chi connectivity index (χ2v) is 7.82. The summed E-state index contributed by atoms with van der Waals surface area (Å²) in [5.41, 5.74) is 4.77. The highest BCUT2D eigenvalue weighted by Crippen LogP contribution is 2.18. The van der Waals surface area contributed by atoms with Crippen LogP contribution in [0.1, 0.15) is 29.1 Å². The zero-order chi connectivity index (χ0) is 20.8. The standard InChI is InChI=1S/C18H19N7O2S2/c1-11(15-4-3-9-28-15)21-22-17-23-24-18(25(17)19)29-10-16(27)20-14-7-5-13(6-8-14)12(2)26/h3-9H,10,19H2,1-2H3,(H,20,27)(H,22,23)/b21-11+. The van der Waals surface area contributed by atoms with Gasteiger partial charge in [0.25, 0.3) is 5.95 Å². The number of nitrogens with zero attached hydrogens (tertiary/aromatic N) is 4. The predicted molar refractivity (Wildman–Crippen MR) is 116 cm³/mol. The molecule has 1 amide bonds. The summed E-state index contributed by atoms with van der Waals surface area (Å²) in [6.07, 6.45) is 0. The lowest BCUT2D eigenvalue weighted by atomic mass is 10.1. The Hall–Kier alpha value is -3.18. The van der Waals surface area contributed by atoms with Crippen molar-refractivity contribution in [1.82, 2.24) is 14.9 Å². The van der Waals surface area contributed by atoms with Gasteiger partial charge >= 0.3 is 0 Å². The number of aromatic nitrogens is 3. The maximum absolute atomic E-state index is 12.1. The number of nitrogen functional groups attached to an aromatic ring is 1. The summed E-state index contributed by atoms with van der Waals surface area (Å²) in [6.45, 7) is 3.37. The summed E-state index contributed by atoms with van der Waals surface area (Å²) in [5.74, 6) is 6.08. The summed E-state index contributed by atoms with van der Waals surface area (Å²) >= 11 is 2.73. The van der Waals surface area contributed by atoms with Crippen LogP contribution in [0.3, 0.4) is 0 Å². The van der Waals surface area contributed by atoms with Crippen LogP contribution in [0.15, 0.2) is 52.0 Å². The minimum atomic E-state index is -0.227. The van der Waals surface area contributed by atoms with Gasteiger partial charge < -0.3 is 11.2 Å². The Morgan fingerprint density at radius 1 is 1.21 bits per heavy atom. The molecule has 2 heterocycles. The van der Waals surface area contributed by atoms with Crippen molar-refractivity contribution >= 4 is 52.1 Å². The molecule has 2 aromatic heterocycles. The Morgan fingerprint density at radius 3 is 2.62 bits per heavy atom. The Bertz CT molecular complexity index is 1030. The first-order chi connectivity index (χ1) is 13.9. The number of nitrogens with one attached hydrogen (secondary N) is 2. The van der Waals surface area contributed by atoms with Crippen molar-refractivity contribution in [3.05, 3.63) is 52.2 Å². The van der Waals surface area contributed by atoms with E-state index in [-0.39, 0.29) is 23.4 Å². The molecule has 3 aromatic rings. The number of hydrogen-bond donors (Lipinski definition) is 3. The van der Waals surface area contributed by atoms with Crippen LogP contribution in [0.4, 0.5) is 11.6 Å². The number of Topliss-reactive ketones (excluding diaryl/α,β-unsaturated/α-hetero) is 1. The zero-order valence-electron chi connectivity index (χ0n) is 15.7. The predicted octanol–water partition coefficient (Wildman–Crippen LogP) is 2.82. The number of ketones is 1. The number of hydrazone groups is 1. The molecule has 0 radical (unpaired) electrons. The summed E-state index contributed by atoms with van der Waals surface area (Å²) in [4.78, 5) is 24.5. The van der Waals surface area contributed by atoms with Crippen LogP contribution in [-0.2, 0) is 4.79 Å². The first kappa shape index (κ1) is 20.6.